The summed E-state index contributed by atoms with van der Waals surface area (Å²) in [6.45, 7) is 5.43. The third-order valence-electron chi connectivity index (χ3n) is 5.26. The number of sulfonamides is 1. The van der Waals surface area contributed by atoms with Crippen LogP contribution in [-0.4, -0.2) is 48.0 Å². The molecule has 8 nitrogen and oxygen atoms in total. The monoisotopic (exact) mass is 464 g/mol. The van der Waals surface area contributed by atoms with E-state index in [9.17, 15) is 13.2 Å². The molecule has 32 heavy (non-hydrogen) atoms. The molecule has 0 saturated carbocycles. The van der Waals surface area contributed by atoms with Crippen LogP contribution in [0.15, 0.2) is 36.4 Å². The number of ether oxygens (including phenoxy) is 3. The van der Waals surface area contributed by atoms with Crippen LogP contribution in [0, 0.1) is 6.92 Å². The molecule has 176 valence electrons. The van der Waals surface area contributed by atoms with Gasteiger partial charge in [-0.1, -0.05) is 19.1 Å². The highest BCUT2D eigenvalue weighted by Crippen LogP contribution is 2.35. The largest absolute Gasteiger partial charge is 0.497 e. The lowest BCUT2D eigenvalue weighted by Crippen LogP contribution is -2.48. The standard InChI is InChI=1S/C23H32N2O6S/c1-8-19(17-9-11-21(30-5)15(2)13-17)24-23(26)16(3)25(32(7,27)28)20-14-18(29-4)10-12-22(20)31-6/h9-14,16,19H,8H2,1-7H3,(H,24,26)/t16-,19+/m0/s1. The highest BCUT2D eigenvalue weighted by molar-refractivity contribution is 7.92. The predicted octanol–water partition coefficient (Wildman–Crippen LogP) is 3.44. The van der Waals surface area contributed by atoms with E-state index < -0.39 is 22.0 Å². The lowest BCUT2D eigenvalue weighted by molar-refractivity contribution is -0.122. The lowest BCUT2D eigenvalue weighted by Gasteiger charge is -2.31. The number of rotatable bonds is 10. The quantitative estimate of drug-likeness (QED) is 0.579. The zero-order valence-electron chi connectivity index (χ0n) is 19.6. The maximum Gasteiger partial charge on any atom is 0.244 e. The van der Waals surface area contributed by atoms with Crippen LogP contribution in [0.1, 0.15) is 37.4 Å². The Balaban J connectivity index is 2.39. The van der Waals surface area contributed by atoms with Crippen molar-refractivity contribution in [1.82, 2.24) is 5.32 Å². The fourth-order valence-electron chi connectivity index (χ4n) is 3.58. The first-order chi connectivity index (χ1) is 15.1. The van der Waals surface area contributed by atoms with Gasteiger partial charge in [0, 0.05) is 6.07 Å². The van der Waals surface area contributed by atoms with E-state index in [4.69, 9.17) is 14.2 Å². The Morgan fingerprint density at radius 2 is 1.66 bits per heavy atom. The molecule has 0 fully saturated rings. The topological polar surface area (TPSA) is 94.2 Å². The van der Waals surface area contributed by atoms with E-state index >= 15 is 0 Å². The molecule has 9 heteroatoms. The van der Waals surface area contributed by atoms with Gasteiger partial charge in [0.2, 0.25) is 15.9 Å². The summed E-state index contributed by atoms with van der Waals surface area (Å²) >= 11 is 0. The molecule has 0 saturated heterocycles. The van der Waals surface area contributed by atoms with Crippen LogP contribution in [0.4, 0.5) is 5.69 Å². The summed E-state index contributed by atoms with van der Waals surface area (Å²) < 4.78 is 42.4. The molecule has 2 atom stereocenters. The zero-order chi connectivity index (χ0) is 24.1. The molecular weight excluding hydrogens is 432 g/mol. The second kappa shape index (κ2) is 10.6. The molecule has 0 aliphatic rings. The molecule has 2 aromatic carbocycles. The highest BCUT2D eigenvalue weighted by atomic mass is 32.2. The highest BCUT2D eigenvalue weighted by Gasteiger charge is 2.32. The van der Waals surface area contributed by atoms with Gasteiger partial charge in [0.1, 0.15) is 23.3 Å². The number of carbonyl (C=O) groups excluding carboxylic acids is 1. The molecule has 0 aliphatic carbocycles. The molecule has 0 bridgehead atoms. The third kappa shape index (κ3) is 5.64. The van der Waals surface area contributed by atoms with Crippen LogP contribution in [0.5, 0.6) is 17.2 Å². The van der Waals surface area contributed by atoms with Crippen molar-refractivity contribution in [3.05, 3.63) is 47.5 Å². The summed E-state index contributed by atoms with van der Waals surface area (Å²) in [7, 11) is 0.706. The smallest absolute Gasteiger partial charge is 0.244 e. The van der Waals surface area contributed by atoms with Crippen molar-refractivity contribution < 1.29 is 27.4 Å². The van der Waals surface area contributed by atoms with E-state index in [0.717, 1.165) is 27.4 Å². The fraction of sp³-hybridized carbons (Fsp3) is 0.435. The Morgan fingerprint density at radius 1 is 1.03 bits per heavy atom. The van der Waals surface area contributed by atoms with Crippen LogP contribution < -0.4 is 23.8 Å². The molecule has 0 unspecified atom stereocenters. The predicted molar refractivity (Wildman–Crippen MR) is 125 cm³/mol. The molecule has 0 heterocycles. The van der Waals surface area contributed by atoms with E-state index in [0.29, 0.717) is 17.9 Å². The van der Waals surface area contributed by atoms with Crippen LogP contribution >= 0.6 is 0 Å². The molecule has 0 aliphatic heterocycles. The van der Waals surface area contributed by atoms with Gasteiger partial charge in [-0.25, -0.2) is 8.42 Å². The van der Waals surface area contributed by atoms with Crippen LogP contribution in [0.25, 0.3) is 0 Å². The lowest BCUT2D eigenvalue weighted by atomic mass is 10.0. The van der Waals surface area contributed by atoms with Crippen LogP contribution in [0.3, 0.4) is 0 Å². The van der Waals surface area contributed by atoms with Crippen molar-refractivity contribution in [2.75, 3.05) is 31.9 Å². The maximum atomic E-state index is 13.2. The Hall–Kier alpha value is -2.94. The van der Waals surface area contributed by atoms with Gasteiger partial charge in [-0.05, 0) is 49.6 Å². The third-order valence-corrected chi connectivity index (χ3v) is 6.49. The van der Waals surface area contributed by atoms with E-state index in [2.05, 4.69) is 5.32 Å². The number of benzene rings is 2. The SMILES string of the molecule is CC[C@@H](NC(=O)[C@H](C)N(c1cc(OC)ccc1OC)S(C)(=O)=O)c1ccc(OC)c(C)c1. The number of anilines is 1. The molecule has 1 N–H and O–H groups in total. The number of nitrogens with zero attached hydrogens (tertiary/aromatic N) is 1. The van der Waals surface area contributed by atoms with Gasteiger partial charge in [-0.15, -0.1) is 0 Å². The van der Waals surface area contributed by atoms with Crippen molar-refractivity contribution >= 4 is 21.6 Å². The number of methoxy groups -OCH3 is 3. The maximum absolute atomic E-state index is 13.2. The molecule has 0 radical (unpaired) electrons. The molecule has 0 spiro atoms. The van der Waals surface area contributed by atoms with Crippen molar-refractivity contribution in [1.29, 1.82) is 0 Å². The Bertz CT molecular complexity index is 1050. The van der Waals surface area contributed by atoms with Crippen LogP contribution in [-0.2, 0) is 14.8 Å². The average Bonchev–Trinajstić information content (AvgIpc) is 2.76. The summed E-state index contributed by atoms with van der Waals surface area (Å²) in [5.41, 5.74) is 2.09. The average molecular weight is 465 g/mol. The van der Waals surface area contributed by atoms with Gasteiger partial charge in [0.15, 0.2) is 0 Å². The first kappa shape index (κ1) is 25.3. The van der Waals surface area contributed by atoms with E-state index in [1.54, 1.807) is 26.2 Å². The Kier molecular flexibility index (Phi) is 8.38. The summed E-state index contributed by atoms with van der Waals surface area (Å²) in [4.78, 5) is 13.2. The van der Waals surface area contributed by atoms with Gasteiger partial charge < -0.3 is 19.5 Å². The molecule has 1 amide bonds. The van der Waals surface area contributed by atoms with E-state index in [1.807, 2.05) is 32.0 Å². The second-order valence-corrected chi connectivity index (χ2v) is 9.33. The molecular formula is C23H32N2O6S. The number of amides is 1. The van der Waals surface area contributed by atoms with Crippen LogP contribution in [0.2, 0.25) is 0 Å². The number of hydrogen-bond acceptors (Lipinski definition) is 6. The van der Waals surface area contributed by atoms with Crippen molar-refractivity contribution in [2.24, 2.45) is 0 Å². The molecule has 2 rings (SSSR count). The van der Waals surface area contributed by atoms with Crippen molar-refractivity contribution in [2.45, 2.75) is 39.3 Å². The minimum Gasteiger partial charge on any atom is -0.497 e. The normalized spacial score (nSPS) is 13.1. The summed E-state index contributed by atoms with van der Waals surface area (Å²) in [6, 6.07) is 9.18. The Morgan fingerprint density at radius 3 is 2.16 bits per heavy atom. The summed E-state index contributed by atoms with van der Waals surface area (Å²) in [6.07, 6.45) is 1.69. The first-order valence-corrected chi connectivity index (χ1v) is 12.1. The van der Waals surface area contributed by atoms with Crippen molar-refractivity contribution in [3.63, 3.8) is 0 Å². The number of aryl methyl sites for hydroxylation is 1. The summed E-state index contributed by atoms with van der Waals surface area (Å²) in [5, 5.41) is 2.98. The minimum atomic E-state index is -3.82. The van der Waals surface area contributed by atoms with E-state index in [1.165, 1.54) is 20.3 Å². The van der Waals surface area contributed by atoms with Crippen molar-refractivity contribution in [3.8, 4) is 17.2 Å². The number of hydrogen-bond donors (Lipinski definition) is 1. The van der Waals surface area contributed by atoms with E-state index in [-0.39, 0.29) is 11.7 Å². The van der Waals surface area contributed by atoms with Gasteiger partial charge in [0.25, 0.3) is 0 Å². The molecule has 0 aromatic heterocycles. The molecule has 2 aromatic rings. The van der Waals surface area contributed by atoms with Gasteiger partial charge in [-0.2, -0.15) is 0 Å². The summed E-state index contributed by atoms with van der Waals surface area (Å²) in [5.74, 6) is 1.09. The first-order valence-electron chi connectivity index (χ1n) is 10.2. The van der Waals surface area contributed by atoms with Gasteiger partial charge >= 0.3 is 0 Å². The zero-order valence-corrected chi connectivity index (χ0v) is 20.4. The fourth-order valence-corrected chi connectivity index (χ4v) is 4.75. The van der Waals surface area contributed by atoms with Gasteiger partial charge in [-0.3, -0.25) is 9.10 Å². The Labute approximate surface area is 190 Å². The number of carbonyl (C=O) groups is 1. The minimum absolute atomic E-state index is 0.227. The van der Waals surface area contributed by atoms with Gasteiger partial charge in [0.05, 0.1) is 39.3 Å². The number of nitrogens with one attached hydrogen (secondary N) is 1. The second-order valence-electron chi connectivity index (χ2n) is 7.47.